The Morgan fingerprint density at radius 3 is 2.32 bits per heavy atom. The van der Waals surface area contributed by atoms with Crippen LogP contribution in [-0.2, 0) is 23.1 Å². The summed E-state index contributed by atoms with van der Waals surface area (Å²) in [5.74, 6) is 0.714. The molecule has 2 rings (SSSR count). The van der Waals surface area contributed by atoms with E-state index in [0.29, 0.717) is 29.8 Å². The third-order valence-corrected chi connectivity index (χ3v) is 4.73. The van der Waals surface area contributed by atoms with Gasteiger partial charge in [-0.05, 0) is 30.2 Å². The minimum atomic E-state index is -3.35. The molecule has 0 saturated heterocycles. The van der Waals surface area contributed by atoms with Crippen molar-refractivity contribution in [3.8, 4) is 0 Å². The lowest BCUT2D eigenvalue weighted by atomic mass is 10.2. The van der Waals surface area contributed by atoms with Crippen molar-refractivity contribution in [1.29, 1.82) is 0 Å². The Morgan fingerprint density at radius 2 is 1.71 bits per heavy atom. The maximum absolute atomic E-state index is 11.6. The summed E-state index contributed by atoms with van der Waals surface area (Å²) in [6.45, 7) is 3.66. The molecule has 9 heteroatoms. The van der Waals surface area contributed by atoms with Crippen molar-refractivity contribution in [1.82, 2.24) is 10.2 Å². The number of nitrogens with one attached hydrogen (secondary N) is 2. The van der Waals surface area contributed by atoms with E-state index in [1.165, 1.54) is 0 Å². The molecule has 2 aromatic rings. The highest BCUT2D eigenvalue weighted by Crippen LogP contribution is 2.18. The molecule has 0 fully saturated rings. The maximum atomic E-state index is 11.6. The molecule has 0 aliphatic heterocycles. The summed E-state index contributed by atoms with van der Waals surface area (Å²) in [5, 5.41) is 3.97. The summed E-state index contributed by atoms with van der Waals surface area (Å²) >= 11 is 6.25. The Morgan fingerprint density at radius 1 is 1.11 bits per heavy atom. The van der Waals surface area contributed by atoms with Crippen LogP contribution >= 0.6 is 35.6 Å². The third kappa shape index (κ3) is 7.84. The summed E-state index contributed by atoms with van der Waals surface area (Å²) in [4.78, 5) is 6.64. The first-order valence-corrected chi connectivity index (χ1v) is 10.9. The van der Waals surface area contributed by atoms with Gasteiger partial charge in [-0.1, -0.05) is 48.0 Å². The SMILES string of the molecule is CCNC(=NCc1ccccc1NS(C)(=O)=O)N(C)Cc1ccccc1Cl.I. The molecule has 0 atom stereocenters. The van der Waals surface area contributed by atoms with Crippen molar-refractivity contribution < 1.29 is 8.42 Å². The topological polar surface area (TPSA) is 73.8 Å². The number of hydrogen-bond acceptors (Lipinski definition) is 3. The van der Waals surface area contributed by atoms with Crippen molar-refractivity contribution in [2.45, 2.75) is 20.0 Å². The van der Waals surface area contributed by atoms with Crippen molar-refractivity contribution in [3.05, 3.63) is 64.7 Å². The molecule has 0 aliphatic rings. The van der Waals surface area contributed by atoms with E-state index in [-0.39, 0.29) is 24.0 Å². The van der Waals surface area contributed by atoms with Gasteiger partial charge >= 0.3 is 0 Å². The fourth-order valence-electron chi connectivity index (χ4n) is 2.54. The van der Waals surface area contributed by atoms with Crippen LogP contribution in [0.2, 0.25) is 5.02 Å². The van der Waals surface area contributed by atoms with Crippen LogP contribution in [0.4, 0.5) is 5.69 Å². The average Bonchev–Trinajstić information content (AvgIpc) is 2.60. The number of aliphatic imine (C=N–C) groups is 1. The lowest BCUT2D eigenvalue weighted by Crippen LogP contribution is -2.38. The van der Waals surface area contributed by atoms with E-state index in [9.17, 15) is 8.42 Å². The molecule has 0 radical (unpaired) electrons. The largest absolute Gasteiger partial charge is 0.357 e. The number of rotatable bonds is 7. The van der Waals surface area contributed by atoms with E-state index in [1.807, 2.05) is 55.3 Å². The first-order valence-electron chi connectivity index (χ1n) is 8.58. The van der Waals surface area contributed by atoms with Gasteiger partial charge < -0.3 is 10.2 Å². The summed E-state index contributed by atoms with van der Waals surface area (Å²) in [7, 11) is -1.41. The zero-order valence-corrected chi connectivity index (χ0v) is 20.0. The monoisotopic (exact) mass is 536 g/mol. The zero-order valence-electron chi connectivity index (χ0n) is 16.1. The highest BCUT2D eigenvalue weighted by atomic mass is 127. The van der Waals surface area contributed by atoms with Gasteiger partial charge in [-0.2, -0.15) is 0 Å². The van der Waals surface area contributed by atoms with Gasteiger partial charge in [0.25, 0.3) is 0 Å². The second-order valence-electron chi connectivity index (χ2n) is 6.15. The minimum absolute atomic E-state index is 0. The predicted octanol–water partition coefficient (Wildman–Crippen LogP) is 3.93. The molecule has 0 unspecified atom stereocenters. The molecular weight excluding hydrogens is 511 g/mol. The second-order valence-corrected chi connectivity index (χ2v) is 8.30. The zero-order chi connectivity index (χ0) is 19.9. The fraction of sp³-hybridized carbons (Fsp3) is 0.316. The fourth-order valence-corrected chi connectivity index (χ4v) is 3.34. The maximum Gasteiger partial charge on any atom is 0.229 e. The van der Waals surface area contributed by atoms with E-state index < -0.39 is 10.0 Å². The normalized spacial score (nSPS) is 11.5. The van der Waals surface area contributed by atoms with Gasteiger partial charge in [-0.3, -0.25) is 4.72 Å². The van der Waals surface area contributed by atoms with Crippen LogP contribution in [0.5, 0.6) is 0 Å². The Bertz CT molecular complexity index is 906. The average molecular weight is 537 g/mol. The molecule has 0 spiro atoms. The number of sulfonamides is 1. The van der Waals surface area contributed by atoms with Crippen molar-refractivity contribution in [3.63, 3.8) is 0 Å². The van der Waals surface area contributed by atoms with E-state index >= 15 is 0 Å². The van der Waals surface area contributed by atoms with Gasteiger partial charge in [-0.25, -0.2) is 13.4 Å². The number of nitrogens with zero attached hydrogens (tertiary/aromatic N) is 2. The summed E-state index contributed by atoms with van der Waals surface area (Å²) < 4.78 is 25.6. The Balaban J connectivity index is 0.00000392. The third-order valence-electron chi connectivity index (χ3n) is 3.77. The van der Waals surface area contributed by atoms with Gasteiger partial charge in [0, 0.05) is 25.2 Å². The van der Waals surface area contributed by atoms with Crippen LogP contribution in [0.15, 0.2) is 53.5 Å². The molecule has 6 nitrogen and oxygen atoms in total. The summed E-state index contributed by atoms with van der Waals surface area (Å²) in [6.07, 6.45) is 1.13. The van der Waals surface area contributed by atoms with Crippen LogP contribution in [-0.4, -0.2) is 39.1 Å². The van der Waals surface area contributed by atoms with Crippen LogP contribution < -0.4 is 10.0 Å². The Kier molecular flexibility index (Phi) is 10.0. The predicted molar refractivity (Wildman–Crippen MR) is 128 cm³/mol. The number of guanidine groups is 1. The summed E-state index contributed by atoms with van der Waals surface area (Å²) in [6, 6.07) is 14.9. The Labute approximate surface area is 189 Å². The minimum Gasteiger partial charge on any atom is -0.357 e. The second kappa shape index (κ2) is 11.5. The highest BCUT2D eigenvalue weighted by Gasteiger charge is 2.10. The van der Waals surface area contributed by atoms with Crippen molar-refractivity contribution >= 4 is 57.2 Å². The summed E-state index contributed by atoms with van der Waals surface area (Å²) in [5.41, 5.74) is 2.34. The van der Waals surface area contributed by atoms with Crippen molar-refractivity contribution in [2.75, 3.05) is 24.6 Å². The van der Waals surface area contributed by atoms with Crippen LogP contribution in [0.1, 0.15) is 18.1 Å². The molecule has 0 aliphatic carbocycles. The number of para-hydroxylation sites is 1. The molecule has 0 heterocycles. The molecule has 0 bridgehead atoms. The molecule has 0 amide bonds. The molecule has 0 aromatic heterocycles. The van der Waals surface area contributed by atoms with E-state index in [0.717, 1.165) is 23.9 Å². The Hall–Kier alpha value is -1.52. The van der Waals surface area contributed by atoms with Crippen LogP contribution in [0, 0.1) is 0 Å². The number of hydrogen-bond donors (Lipinski definition) is 2. The van der Waals surface area contributed by atoms with Crippen molar-refractivity contribution in [2.24, 2.45) is 4.99 Å². The van der Waals surface area contributed by atoms with E-state index in [2.05, 4.69) is 15.0 Å². The molecule has 154 valence electrons. The molecule has 2 aromatic carbocycles. The molecule has 0 saturated carbocycles. The van der Waals surface area contributed by atoms with Crippen LogP contribution in [0.25, 0.3) is 0 Å². The van der Waals surface area contributed by atoms with E-state index in [1.54, 1.807) is 12.1 Å². The molecule has 28 heavy (non-hydrogen) atoms. The lowest BCUT2D eigenvalue weighted by molar-refractivity contribution is 0.477. The van der Waals surface area contributed by atoms with Gasteiger partial charge in [0.1, 0.15) is 0 Å². The van der Waals surface area contributed by atoms with E-state index in [4.69, 9.17) is 11.6 Å². The number of halogens is 2. The first kappa shape index (κ1) is 24.5. The first-order chi connectivity index (χ1) is 12.8. The standard InChI is InChI=1S/C19H25ClN4O2S.HI/c1-4-21-19(24(2)14-16-10-5-7-11-17(16)20)22-13-15-9-6-8-12-18(15)23-27(3,25)26;/h5-12,23H,4,13-14H2,1-3H3,(H,21,22);1H. The lowest BCUT2D eigenvalue weighted by Gasteiger charge is -2.23. The number of anilines is 1. The smallest absolute Gasteiger partial charge is 0.229 e. The quantitative estimate of drug-likeness (QED) is 0.320. The van der Waals surface area contributed by atoms with Gasteiger partial charge in [0.2, 0.25) is 10.0 Å². The molecule has 2 N–H and O–H groups in total. The number of benzene rings is 2. The van der Waals surface area contributed by atoms with Crippen LogP contribution in [0.3, 0.4) is 0 Å². The molecular formula is C19H26ClIN4O2S. The van der Waals surface area contributed by atoms with Gasteiger partial charge in [0.15, 0.2) is 5.96 Å². The van der Waals surface area contributed by atoms with Gasteiger partial charge in [0.05, 0.1) is 18.5 Å². The highest BCUT2D eigenvalue weighted by molar-refractivity contribution is 14.0. The van der Waals surface area contributed by atoms with Gasteiger partial charge in [-0.15, -0.1) is 24.0 Å².